The van der Waals surface area contributed by atoms with Crippen LogP contribution in [-0.2, 0) is 0 Å². The predicted octanol–water partition coefficient (Wildman–Crippen LogP) is 1.29. The Labute approximate surface area is 33.2 Å². The van der Waals surface area contributed by atoms with Crippen LogP contribution in [0.3, 0.4) is 0 Å². The van der Waals surface area contributed by atoms with Gasteiger partial charge in [-0.2, -0.15) is 11.8 Å². The topological polar surface area (TPSA) is 0 Å². The lowest BCUT2D eigenvalue weighted by atomic mass is 10.4. The van der Waals surface area contributed by atoms with Crippen LogP contribution in [0.25, 0.3) is 0 Å². The first-order valence-corrected chi connectivity index (χ1v) is 1.97. The van der Waals surface area contributed by atoms with Crippen molar-refractivity contribution in [3.05, 3.63) is 13.8 Å². The maximum atomic E-state index is 3.77. The summed E-state index contributed by atoms with van der Waals surface area (Å²) in [6.07, 6.45) is 1.25. The van der Waals surface area contributed by atoms with E-state index in [1.54, 1.807) is 0 Å². The van der Waals surface area contributed by atoms with Crippen LogP contribution in [0, 0.1) is 25.7 Å². The van der Waals surface area contributed by atoms with Crippen molar-refractivity contribution in [2.75, 3.05) is 0 Å². The van der Waals surface area contributed by atoms with Gasteiger partial charge in [-0.25, -0.2) is 0 Å². The molecule has 0 spiro atoms. The van der Waals surface area contributed by atoms with Gasteiger partial charge in [-0.1, -0.05) is 0 Å². The van der Waals surface area contributed by atoms with Gasteiger partial charge in [-0.3, -0.25) is 0 Å². The van der Waals surface area contributed by atoms with Crippen LogP contribution < -0.4 is 0 Å². The van der Waals surface area contributed by atoms with E-state index in [4.69, 9.17) is 0 Å². The van der Waals surface area contributed by atoms with Crippen LogP contribution >= 0.6 is 0 Å². The molecule has 1 aliphatic rings. The molecule has 0 radical (unpaired) electrons. The summed E-state index contributed by atoms with van der Waals surface area (Å²) in [4.78, 5) is 0. The van der Waals surface area contributed by atoms with Gasteiger partial charge in [0, 0.05) is 0 Å². The Kier molecular flexibility index (Phi) is 0.470. The third kappa shape index (κ3) is 0.444. The first-order chi connectivity index (χ1) is 2.30. The zero-order chi connectivity index (χ0) is 3.86. The van der Waals surface area contributed by atoms with Crippen molar-refractivity contribution in [2.45, 2.75) is 6.42 Å². The summed E-state index contributed by atoms with van der Waals surface area (Å²) in [5, 5.41) is 0. The van der Waals surface area contributed by atoms with Crippen molar-refractivity contribution in [3.8, 4) is 0 Å². The van der Waals surface area contributed by atoms with E-state index in [0.29, 0.717) is 11.8 Å². The quantitative estimate of drug-likeness (QED) is 0.375. The summed E-state index contributed by atoms with van der Waals surface area (Å²) in [6, 6.07) is 0. The van der Waals surface area contributed by atoms with Crippen LogP contribution in [0.5, 0.6) is 0 Å². The fourth-order valence-corrected chi connectivity index (χ4v) is 0.310. The molecule has 1 fully saturated rings. The van der Waals surface area contributed by atoms with Gasteiger partial charge in [0.05, 0.1) is 0 Å². The smallest absolute Gasteiger partial charge is 0.107 e. The van der Waals surface area contributed by atoms with Crippen LogP contribution in [0.1, 0.15) is 6.42 Å². The fourth-order valence-electron chi connectivity index (χ4n) is 0.310. The molecule has 2 unspecified atom stereocenters. The minimum absolute atomic E-state index is 0.690. The van der Waals surface area contributed by atoms with Crippen molar-refractivity contribution in [2.24, 2.45) is 11.8 Å². The van der Waals surface area contributed by atoms with Gasteiger partial charge in [0.2, 0.25) is 0 Å². The van der Waals surface area contributed by atoms with Gasteiger partial charge in [0.1, 0.15) is 0 Å². The fraction of sp³-hybridized carbons (Fsp3) is 0.600. The van der Waals surface area contributed by atoms with Gasteiger partial charge in [0.25, 0.3) is 0 Å². The van der Waals surface area contributed by atoms with Crippen LogP contribution in [0.15, 0.2) is 0 Å². The molecule has 0 aliphatic heterocycles. The van der Waals surface area contributed by atoms with Gasteiger partial charge in [0.15, 0.2) is 0 Å². The van der Waals surface area contributed by atoms with Crippen molar-refractivity contribution in [3.63, 3.8) is 0 Å². The molecule has 1 saturated carbocycles. The molecule has 0 heteroatoms. The van der Waals surface area contributed by atoms with Crippen molar-refractivity contribution >= 4 is 0 Å². The minimum Gasteiger partial charge on any atom is -0.343 e. The minimum atomic E-state index is 0.690. The third-order valence-corrected chi connectivity index (χ3v) is 1.07. The molecule has 0 nitrogen and oxygen atoms in total. The van der Waals surface area contributed by atoms with Crippen LogP contribution in [0.2, 0.25) is 0 Å². The molecule has 0 heterocycles. The summed E-state index contributed by atoms with van der Waals surface area (Å²) in [7, 11) is 0. The molecule has 0 aromatic carbocycles. The van der Waals surface area contributed by atoms with E-state index in [0.717, 1.165) is 0 Å². The van der Waals surface area contributed by atoms with E-state index >= 15 is 0 Å². The molecule has 0 amide bonds. The number of hydrogen-bond donors (Lipinski definition) is 0. The molecule has 1 rings (SSSR count). The number of hydrogen-bond acceptors (Lipinski definition) is 0. The SMILES string of the molecule is [CH2-]C1CC1[CH2-]. The Morgan fingerprint density at radius 3 is 1.40 bits per heavy atom. The van der Waals surface area contributed by atoms with E-state index in [2.05, 4.69) is 13.8 Å². The van der Waals surface area contributed by atoms with Gasteiger partial charge in [-0.05, 0) is 0 Å². The predicted molar refractivity (Wildman–Crippen MR) is 22.3 cm³/mol. The second-order valence-electron chi connectivity index (χ2n) is 1.76. The van der Waals surface area contributed by atoms with Crippen molar-refractivity contribution < 1.29 is 0 Å². The van der Waals surface area contributed by atoms with Crippen molar-refractivity contribution in [1.82, 2.24) is 0 Å². The molecular weight excluding hydrogens is 60.1 g/mol. The highest BCUT2D eigenvalue weighted by Crippen LogP contribution is 2.35. The Bertz CT molecular complexity index is 33.3. The highest BCUT2D eigenvalue weighted by molar-refractivity contribution is 4.88. The monoisotopic (exact) mass is 68.1 g/mol. The van der Waals surface area contributed by atoms with E-state index in [1.165, 1.54) is 6.42 Å². The summed E-state index contributed by atoms with van der Waals surface area (Å²) in [5.74, 6) is 1.38. The summed E-state index contributed by atoms with van der Waals surface area (Å²) >= 11 is 0. The molecule has 0 saturated heterocycles. The lowest BCUT2D eigenvalue weighted by Crippen LogP contribution is -1.60. The zero-order valence-electron chi connectivity index (χ0n) is 3.28. The summed E-state index contributed by atoms with van der Waals surface area (Å²) in [5.41, 5.74) is 0. The van der Waals surface area contributed by atoms with Crippen LogP contribution in [0.4, 0.5) is 0 Å². The zero-order valence-corrected chi connectivity index (χ0v) is 3.28. The summed E-state index contributed by atoms with van der Waals surface area (Å²) < 4.78 is 0. The molecule has 0 aromatic rings. The van der Waals surface area contributed by atoms with Crippen LogP contribution in [-0.4, -0.2) is 0 Å². The Hall–Kier alpha value is 0. The Morgan fingerprint density at radius 1 is 1.20 bits per heavy atom. The molecule has 0 bridgehead atoms. The molecular formula is C5H8-2. The Morgan fingerprint density at radius 2 is 1.40 bits per heavy atom. The van der Waals surface area contributed by atoms with Gasteiger partial charge >= 0.3 is 0 Å². The number of rotatable bonds is 0. The highest BCUT2D eigenvalue weighted by Gasteiger charge is 2.11. The highest BCUT2D eigenvalue weighted by atomic mass is 14.3. The van der Waals surface area contributed by atoms with E-state index in [-0.39, 0.29) is 0 Å². The average Bonchev–Trinajstić information content (AvgIpc) is 1.79. The Balaban J connectivity index is 2.20. The van der Waals surface area contributed by atoms with E-state index < -0.39 is 0 Å². The molecule has 2 atom stereocenters. The molecule has 5 heavy (non-hydrogen) atoms. The molecule has 0 aromatic heterocycles. The maximum absolute atomic E-state index is 3.77. The van der Waals surface area contributed by atoms with Crippen molar-refractivity contribution in [1.29, 1.82) is 0 Å². The average molecular weight is 68.1 g/mol. The second kappa shape index (κ2) is 0.735. The maximum Gasteiger partial charge on any atom is -0.107 e. The van der Waals surface area contributed by atoms with Gasteiger partial charge < -0.3 is 13.8 Å². The lowest BCUT2D eigenvalue weighted by molar-refractivity contribution is 0.990. The normalized spacial score (nSPS) is 49.2. The largest absolute Gasteiger partial charge is 0.343 e. The molecule has 1 aliphatic carbocycles. The lowest BCUT2D eigenvalue weighted by Gasteiger charge is -1.86. The first-order valence-electron chi connectivity index (χ1n) is 1.97. The third-order valence-electron chi connectivity index (χ3n) is 1.07. The first kappa shape index (κ1) is 3.20. The van der Waals surface area contributed by atoms with Gasteiger partial charge in [-0.15, -0.1) is 6.42 Å². The molecule has 0 N–H and O–H groups in total. The van der Waals surface area contributed by atoms with E-state index in [1.807, 2.05) is 0 Å². The standard InChI is InChI=1S/C5H8/c1-4-3-5(4)2/h4-5H,1-3H2/q-2. The summed E-state index contributed by atoms with van der Waals surface area (Å²) in [6.45, 7) is 7.54. The second-order valence-corrected chi connectivity index (χ2v) is 1.76. The molecule has 30 valence electrons. The van der Waals surface area contributed by atoms with E-state index in [9.17, 15) is 0 Å².